The second-order valence-electron chi connectivity index (χ2n) is 5.70. The lowest BCUT2D eigenvalue weighted by atomic mass is 10.2. The third-order valence-electron chi connectivity index (χ3n) is 3.41. The van der Waals surface area contributed by atoms with E-state index in [1.165, 1.54) is 24.3 Å². The Morgan fingerprint density at radius 2 is 1.57 bits per heavy atom. The number of hydrogen-bond acceptors (Lipinski definition) is 4. The number of rotatable bonds is 8. The summed E-state index contributed by atoms with van der Waals surface area (Å²) in [6.45, 7) is 5.34. The molecule has 0 heterocycles. The lowest BCUT2D eigenvalue weighted by Gasteiger charge is -2.12. The van der Waals surface area contributed by atoms with Gasteiger partial charge in [-0.3, -0.25) is 0 Å². The Balaban J connectivity index is 1.90. The van der Waals surface area contributed by atoms with Crippen LogP contribution in [-0.2, 0) is 15.7 Å². The van der Waals surface area contributed by atoms with Gasteiger partial charge in [0.15, 0.2) is 0 Å². The van der Waals surface area contributed by atoms with Crippen molar-refractivity contribution in [2.24, 2.45) is 0 Å². The lowest BCUT2D eigenvalue weighted by molar-refractivity contribution is -0.138. The molecule has 2 aromatic rings. The Morgan fingerprint density at radius 1 is 1.04 bits per heavy atom. The zero-order valence-electron chi connectivity index (χ0n) is 15.1. The van der Waals surface area contributed by atoms with Gasteiger partial charge in [-0.2, -0.15) is 13.2 Å². The summed E-state index contributed by atoms with van der Waals surface area (Å²) in [6, 6.07) is 11.0. The predicted molar refractivity (Wildman–Crippen MR) is 98.3 cm³/mol. The molecular formula is C21H19F3O4. The molecule has 0 aliphatic rings. The highest BCUT2D eigenvalue weighted by Crippen LogP contribution is 2.31. The fourth-order valence-corrected chi connectivity index (χ4v) is 2.09. The first-order chi connectivity index (χ1) is 13.3. The molecule has 28 heavy (non-hydrogen) atoms. The van der Waals surface area contributed by atoms with E-state index < -0.39 is 17.7 Å². The van der Waals surface area contributed by atoms with Crippen LogP contribution in [0.25, 0.3) is 0 Å². The van der Waals surface area contributed by atoms with E-state index in [0.29, 0.717) is 11.5 Å². The molecule has 4 nitrogen and oxygen atoms in total. The number of ether oxygens (including phenoxy) is 3. The van der Waals surface area contributed by atoms with Crippen molar-refractivity contribution < 1.29 is 32.2 Å². The molecule has 148 valence electrons. The number of esters is 1. The maximum atomic E-state index is 12.6. The van der Waals surface area contributed by atoms with Gasteiger partial charge < -0.3 is 14.2 Å². The second-order valence-corrected chi connectivity index (χ2v) is 5.70. The average Bonchev–Trinajstić information content (AvgIpc) is 2.66. The van der Waals surface area contributed by atoms with Crippen LogP contribution < -0.4 is 9.47 Å². The lowest BCUT2D eigenvalue weighted by Crippen LogP contribution is -2.09. The van der Waals surface area contributed by atoms with Crippen LogP contribution in [0, 0.1) is 0 Å². The van der Waals surface area contributed by atoms with Gasteiger partial charge in [0.25, 0.3) is 0 Å². The van der Waals surface area contributed by atoms with Crippen molar-refractivity contribution in [3.8, 4) is 17.2 Å². The Morgan fingerprint density at radius 3 is 2.11 bits per heavy atom. The minimum absolute atomic E-state index is 0.138. The van der Waals surface area contributed by atoms with Gasteiger partial charge in [0, 0.05) is 6.08 Å². The number of hydrogen-bond donors (Lipinski definition) is 0. The van der Waals surface area contributed by atoms with Gasteiger partial charge in [0.05, 0.1) is 5.56 Å². The predicted octanol–water partition coefficient (Wildman–Crippen LogP) is 5.55. The highest BCUT2D eigenvalue weighted by atomic mass is 19.4. The number of alkyl halides is 3. The smallest absolute Gasteiger partial charge is 0.416 e. The normalized spacial score (nSPS) is 12.4. The minimum Gasteiger partial charge on any atom is -0.487 e. The number of carbonyl (C=O) groups is 1. The molecular weight excluding hydrogens is 373 g/mol. The summed E-state index contributed by atoms with van der Waals surface area (Å²) >= 11 is 0. The van der Waals surface area contributed by atoms with Crippen molar-refractivity contribution >= 4 is 5.97 Å². The van der Waals surface area contributed by atoms with Gasteiger partial charge in [-0.15, -0.1) is 0 Å². The van der Waals surface area contributed by atoms with Crippen LogP contribution in [0.5, 0.6) is 17.2 Å². The molecule has 0 radical (unpaired) electrons. The van der Waals surface area contributed by atoms with Crippen LogP contribution >= 0.6 is 0 Å². The SMILES string of the molecule is C=CCOC(=O)/C=C/C(C)Oc1ccc(Oc2ccc(C(F)(F)F)cc2)cc1. The molecule has 1 atom stereocenters. The summed E-state index contributed by atoms with van der Waals surface area (Å²) in [5.74, 6) is 0.784. The number of halogens is 3. The number of carbonyl (C=O) groups excluding carboxylic acids is 1. The van der Waals surface area contributed by atoms with E-state index in [2.05, 4.69) is 6.58 Å². The van der Waals surface area contributed by atoms with Crippen LogP contribution in [0.1, 0.15) is 12.5 Å². The van der Waals surface area contributed by atoms with Crippen molar-refractivity contribution in [3.05, 3.63) is 78.9 Å². The highest BCUT2D eigenvalue weighted by molar-refractivity contribution is 5.82. The van der Waals surface area contributed by atoms with Gasteiger partial charge in [0.2, 0.25) is 0 Å². The molecule has 0 amide bonds. The zero-order chi connectivity index (χ0) is 20.6. The Hall–Kier alpha value is -3.22. The minimum atomic E-state index is -4.38. The van der Waals surface area contributed by atoms with Gasteiger partial charge in [-0.05, 0) is 61.5 Å². The van der Waals surface area contributed by atoms with Crippen LogP contribution in [0.3, 0.4) is 0 Å². The van der Waals surface area contributed by atoms with Crippen molar-refractivity contribution in [1.82, 2.24) is 0 Å². The zero-order valence-corrected chi connectivity index (χ0v) is 15.1. The summed E-state index contributed by atoms with van der Waals surface area (Å²) in [4.78, 5) is 11.4. The third kappa shape index (κ3) is 6.83. The molecule has 0 spiro atoms. The summed E-state index contributed by atoms with van der Waals surface area (Å²) < 4.78 is 53.6. The van der Waals surface area contributed by atoms with Crippen LogP contribution in [0.4, 0.5) is 13.2 Å². The van der Waals surface area contributed by atoms with E-state index in [-0.39, 0.29) is 18.5 Å². The van der Waals surface area contributed by atoms with E-state index in [1.54, 1.807) is 37.3 Å². The topological polar surface area (TPSA) is 44.8 Å². The third-order valence-corrected chi connectivity index (χ3v) is 3.41. The first-order valence-corrected chi connectivity index (χ1v) is 8.35. The first-order valence-electron chi connectivity index (χ1n) is 8.35. The Bertz CT molecular complexity index is 809. The molecule has 1 unspecified atom stereocenters. The maximum Gasteiger partial charge on any atom is 0.416 e. The van der Waals surface area contributed by atoms with Crippen LogP contribution in [-0.4, -0.2) is 18.7 Å². The van der Waals surface area contributed by atoms with E-state index in [9.17, 15) is 18.0 Å². The average molecular weight is 392 g/mol. The molecule has 2 aromatic carbocycles. The fraction of sp³-hybridized carbons (Fsp3) is 0.190. The monoisotopic (exact) mass is 392 g/mol. The molecule has 0 saturated heterocycles. The van der Waals surface area contributed by atoms with Gasteiger partial charge >= 0.3 is 12.1 Å². The van der Waals surface area contributed by atoms with Crippen LogP contribution in [0.2, 0.25) is 0 Å². The molecule has 0 aliphatic heterocycles. The van der Waals surface area contributed by atoms with Crippen LogP contribution in [0.15, 0.2) is 73.3 Å². The molecule has 0 fully saturated rings. The molecule has 0 aliphatic carbocycles. The van der Waals surface area contributed by atoms with Gasteiger partial charge in [-0.25, -0.2) is 4.79 Å². The molecule has 2 rings (SSSR count). The summed E-state index contributed by atoms with van der Waals surface area (Å²) in [5, 5.41) is 0. The number of benzene rings is 2. The van der Waals surface area contributed by atoms with Crippen molar-refractivity contribution in [1.29, 1.82) is 0 Å². The molecule has 7 heteroatoms. The highest BCUT2D eigenvalue weighted by Gasteiger charge is 2.30. The van der Waals surface area contributed by atoms with Crippen molar-refractivity contribution in [2.45, 2.75) is 19.2 Å². The standard InChI is InChI=1S/C21H19F3O4/c1-3-14-26-20(25)13-4-15(2)27-17-9-11-19(12-10-17)28-18-7-5-16(6-8-18)21(22,23)24/h3-13,15H,1,14H2,2H3/b13-4+. The summed E-state index contributed by atoms with van der Waals surface area (Å²) in [6.07, 6.45) is -0.461. The van der Waals surface area contributed by atoms with E-state index in [4.69, 9.17) is 14.2 Å². The Kier molecular flexibility index (Phi) is 7.26. The largest absolute Gasteiger partial charge is 0.487 e. The summed E-state index contributed by atoms with van der Waals surface area (Å²) in [7, 11) is 0. The second kappa shape index (κ2) is 9.64. The van der Waals surface area contributed by atoms with Gasteiger partial charge in [0.1, 0.15) is 30.0 Å². The maximum absolute atomic E-state index is 12.6. The van der Waals surface area contributed by atoms with E-state index in [0.717, 1.165) is 12.1 Å². The summed E-state index contributed by atoms with van der Waals surface area (Å²) in [5.41, 5.74) is -0.737. The van der Waals surface area contributed by atoms with Crippen molar-refractivity contribution in [3.63, 3.8) is 0 Å². The molecule has 0 saturated carbocycles. The molecule has 0 bridgehead atoms. The molecule has 0 aromatic heterocycles. The Labute approximate surface area is 160 Å². The van der Waals surface area contributed by atoms with Crippen molar-refractivity contribution in [2.75, 3.05) is 6.61 Å². The van der Waals surface area contributed by atoms with Gasteiger partial charge in [-0.1, -0.05) is 12.7 Å². The first kappa shape index (κ1) is 21.1. The van der Waals surface area contributed by atoms with E-state index >= 15 is 0 Å². The quantitative estimate of drug-likeness (QED) is 0.336. The fourth-order valence-electron chi connectivity index (χ4n) is 2.09. The molecule has 0 N–H and O–H groups in total. The van der Waals surface area contributed by atoms with E-state index in [1.807, 2.05) is 0 Å².